The minimum absolute atomic E-state index is 0.0147. The van der Waals surface area contributed by atoms with Crippen molar-refractivity contribution < 1.29 is 33.2 Å². The summed E-state index contributed by atoms with van der Waals surface area (Å²) in [4.78, 5) is 32.4. The molecule has 1 aliphatic heterocycles. The number of carbonyl (C=O) groups excluding carboxylic acids is 1. The van der Waals surface area contributed by atoms with Crippen LogP contribution in [0, 0.1) is 12.3 Å². The molecule has 226 valence electrons. The molecule has 0 unspecified atom stereocenters. The quantitative estimate of drug-likeness (QED) is 0.233. The molecule has 0 spiro atoms. The lowest BCUT2D eigenvalue weighted by molar-refractivity contribution is -0.139. The molecule has 0 fully saturated rings. The van der Waals surface area contributed by atoms with Crippen molar-refractivity contribution in [3.05, 3.63) is 71.4 Å². The summed E-state index contributed by atoms with van der Waals surface area (Å²) in [7, 11) is 4.48. The molecule has 0 N–H and O–H groups in total. The van der Waals surface area contributed by atoms with Crippen molar-refractivity contribution in [2.75, 3.05) is 41.2 Å². The van der Waals surface area contributed by atoms with Crippen LogP contribution in [0.4, 0.5) is 0 Å². The summed E-state index contributed by atoms with van der Waals surface area (Å²) in [6.07, 6.45) is 7.02. The van der Waals surface area contributed by atoms with Crippen LogP contribution in [0.3, 0.4) is 0 Å². The first-order valence-corrected chi connectivity index (χ1v) is 14.4. The van der Waals surface area contributed by atoms with E-state index in [4.69, 9.17) is 46.4 Å². The van der Waals surface area contributed by atoms with Gasteiger partial charge in [0.2, 0.25) is 5.75 Å². The summed E-state index contributed by atoms with van der Waals surface area (Å²) in [6.45, 7) is 5.77. The van der Waals surface area contributed by atoms with Gasteiger partial charge in [-0.15, -0.1) is 6.42 Å². The summed E-state index contributed by atoms with van der Waals surface area (Å²) < 4.78 is 35.1. The number of hydrogen-bond acceptors (Lipinski definition) is 10. The normalized spacial score (nSPS) is 14.4. The zero-order chi connectivity index (χ0) is 31.3. The zero-order valence-corrected chi connectivity index (χ0v) is 26.2. The topological polar surface area (TPSA) is 107 Å². The van der Waals surface area contributed by atoms with Gasteiger partial charge in [0, 0.05) is 0 Å². The number of hydrogen-bond donors (Lipinski definition) is 0. The van der Waals surface area contributed by atoms with Gasteiger partial charge in [-0.3, -0.25) is 9.36 Å². The van der Waals surface area contributed by atoms with Gasteiger partial charge in [-0.05, 0) is 62.2 Å². The van der Waals surface area contributed by atoms with E-state index in [2.05, 4.69) is 10.9 Å². The fourth-order valence-corrected chi connectivity index (χ4v) is 6.03. The molecule has 1 aromatic heterocycles. The molecule has 2 aromatic carbocycles. The molecule has 0 radical (unpaired) electrons. The molecule has 0 saturated heterocycles. The Hall–Kier alpha value is -4.40. The smallest absolute Gasteiger partial charge is 0.338 e. The molecule has 1 atom stereocenters. The summed E-state index contributed by atoms with van der Waals surface area (Å²) in [6, 6.07) is 5.87. The molecule has 0 amide bonds. The molecule has 10 nitrogen and oxygen atoms in total. The van der Waals surface area contributed by atoms with E-state index in [0.29, 0.717) is 61.5 Å². The second kappa shape index (κ2) is 13.7. The van der Waals surface area contributed by atoms with E-state index in [1.807, 2.05) is 6.92 Å². The number of carbonyl (C=O) groups is 1. The van der Waals surface area contributed by atoms with Crippen molar-refractivity contribution in [2.24, 2.45) is 4.99 Å². The Bertz CT molecular complexity index is 1780. The fraction of sp³-hybridized carbons (Fsp3) is 0.323. The van der Waals surface area contributed by atoms with Crippen LogP contribution in [-0.4, -0.2) is 51.7 Å². The van der Waals surface area contributed by atoms with Gasteiger partial charge in [0.05, 0.1) is 61.4 Å². The van der Waals surface area contributed by atoms with Crippen LogP contribution in [0.1, 0.15) is 37.9 Å². The van der Waals surface area contributed by atoms with Gasteiger partial charge in [-0.2, -0.15) is 0 Å². The third-order valence-electron chi connectivity index (χ3n) is 6.45. The summed E-state index contributed by atoms with van der Waals surface area (Å²) in [5.41, 5.74) is 1.39. The third kappa shape index (κ3) is 6.21. The predicted molar refractivity (Wildman–Crippen MR) is 163 cm³/mol. The van der Waals surface area contributed by atoms with Gasteiger partial charge in [0.1, 0.15) is 6.61 Å². The summed E-state index contributed by atoms with van der Waals surface area (Å²) in [5, 5.41) is 0.274. The van der Waals surface area contributed by atoms with Gasteiger partial charge < -0.3 is 28.4 Å². The highest BCUT2D eigenvalue weighted by Crippen LogP contribution is 2.42. The molecule has 0 saturated carbocycles. The Kier molecular flexibility index (Phi) is 10.1. The number of allylic oxidation sites excluding steroid dienone is 1. The molecule has 0 bridgehead atoms. The zero-order valence-electron chi connectivity index (χ0n) is 24.6. The van der Waals surface area contributed by atoms with Crippen LogP contribution < -0.4 is 38.6 Å². The maximum atomic E-state index is 14.1. The van der Waals surface area contributed by atoms with Crippen molar-refractivity contribution >= 4 is 35.0 Å². The first-order valence-electron chi connectivity index (χ1n) is 13.2. The number of benzene rings is 2. The van der Waals surface area contributed by atoms with Crippen LogP contribution in [0.5, 0.6) is 28.7 Å². The van der Waals surface area contributed by atoms with E-state index in [9.17, 15) is 9.59 Å². The number of methoxy groups -OCH3 is 3. The van der Waals surface area contributed by atoms with Crippen LogP contribution in [0.15, 0.2) is 45.3 Å². The fourth-order valence-electron chi connectivity index (χ4n) is 4.71. The van der Waals surface area contributed by atoms with E-state index >= 15 is 0 Å². The summed E-state index contributed by atoms with van der Waals surface area (Å²) in [5.74, 6) is 3.62. The first kappa shape index (κ1) is 31.5. The average Bonchev–Trinajstić information content (AvgIpc) is 3.29. The van der Waals surface area contributed by atoms with E-state index in [0.717, 1.165) is 0 Å². The Balaban J connectivity index is 1.97. The standard InChI is InChI=1S/C31H31ClN2O8S/c1-8-11-42-27-20(32)12-18(13-23(27)40-9-2)14-24-29(35)34-26(19-15-21(37-5)28(39-7)22(16-19)38-6)25(30(36)41-10-3)17(4)33-31(34)43-24/h1,12-16,26H,9-11H2,2-7H3/b24-14-/t26-/m0/s1. The molecule has 0 aliphatic carbocycles. The number of esters is 1. The molecule has 1 aliphatic rings. The second-order valence-electron chi connectivity index (χ2n) is 9.02. The number of nitrogens with zero attached hydrogens (tertiary/aromatic N) is 2. The Labute approximate surface area is 257 Å². The van der Waals surface area contributed by atoms with Crippen molar-refractivity contribution in [1.82, 2.24) is 4.57 Å². The Morgan fingerprint density at radius 2 is 1.74 bits per heavy atom. The Morgan fingerprint density at radius 3 is 2.33 bits per heavy atom. The van der Waals surface area contributed by atoms with E-state index in [1.54, 1.807) is 44.2 Å². The first-order chi connectivity index (χ1) is 20.7. The number of aromatic nitrogens is 1. The van der Waals surface area contributed by atoms with Crippen LogP contribution in [0.2, 0.25) is 5.02 Å². The molecule has 43 heavy (non-hydrogen) atoms. The van der Waals surface area contributed by atoms with E-state index in [1.165, 1.54) is 37.2 Å². The molecule has 12 heteroatoms. The number of thiazole rings is 1. The minimum Gasteiger partial charge on any atom is -0.493 e. The SMILES string of the molecule is C#CCOc1c(Cl)cc(/C=c2\sc3n(c2=O)[C@@H](c2cc(OC)c(OC)c(OC)c2)C(C(=O)OCC)=C(C)N=3)cc1OCC. The number of halogens is 1. The average molecular weight is 627 g/mol. The largest absolute Gasteiger partial charge is 0.493 e. The lowest BCUT2D eigenvalue weighted by atomic mass is 9.95. The molecule has 2 heterocycles. The van der Waals surface area contributed by atoms with E-state index in [-0.39, 0.29) is 29.4 Å². The maximum absolute atomic E-state index is 14.1. The predicted octanol–water partition coefficient (Wildman–Crippen LogP) is 3.89. The molecular formula is C31H31ClN2O8S. The molecular weight excluding hydrogens is 596 g/mol. The lowest BCUT2D eigenvalue weighted by Gasteiger charge is -2.26. The lowest BCUT2D eigenvalue weighted by Crippen LogP contribution is -2.40. The van der Waals surface area contributed by atoms with Crippen LogP contribution in [-0.2, 0) is 9.53 Å². The number of fused-ring (bicyclic) bond motifs is 1. The van der Waals surface area contributed by atoms with Crippen molar-refractivity contribution in [1.29, 1.82) is 0 Å². The van der Waals surface area contributed by atoms with Gasteiger partial charge >= 0.3 is 5.97 Å². The number of ether oxygens (including phenoxy) is 6. The summed E-state index contributed by atoms with van der Waals surface area (Å²) >= 11 is 7.69. The van der Waals surface area contributed by atoms with Crippen molar-refractivity contribution in [2.45, 2.75) is 26.8 Å². The minimum atomic E-state index is -0.895. The molecule has 4 rings (SSSR count). The highest BCUT2D eigenvalue weighted by atomic mass is 35.5. The van der Waals surface area contributed by atoms with Crippen molar-refractivity contribution in [3.63, 3.8) is 0 Å². The van der Waals surface area contributed by atoms with E-state index < -0.39 is 12.0 Å². The highest BCUT2D eigenvalue weighted by molar-refractivity contribution is 7.07. The number of terminal acetylenes is 1. The Morgan fingerprint density at radius 1 is 1.05 bits per heavy atom. The molecule has 3 aromatic rings. The third-order valence-corrected chi connectivity index (χ3v) is 7.71. The van der Waals surface area contributed by atoms with Gasteiger partial charge in [0.15, 0.2) is 27.8 Å². The van der Waals surface area contributed by atoms with Crippen molar-refractivity contribution in [3.8, 4) is 41.1 Å². The van der Waals surface area contributed by atoms with Crippen LogP contribution >= 0.6 is 22.9 Å². The number of rotatable bonds is 11. The highest BCUT2D eigenvalue weighted by Gasteiger charge is 2.34. The van der Waals surface area contributed by atoms with Gasteiger partial charge in [-0.25, -0.2) is 9.79 Å². The second-order valence-corrected chi connectivity index (χ2v) is 10.4. The van der Waals surface area contributed by atoms with Gasteiger partial charge in [0.25, 0.3) is 5.56 Å². The van der Waals surface area contributed by atoms with Gasteiger partial charge in [-0.1, -0.05) is 28.9 Å². The maximum Gasteiger partial charge on any atom is 0.338 e. The van der Waals surface area contributed by atoms with Crippen LogP contribution in [0.25, 0.3) is 6.08 Å². The monoisotopic (exact) mass is 626 g/mol.